The molecule has 0 radical (unpaired) electrons. The van der Waals surface area contributed by atoms with Crippen LogP contribution < -0.4 is 10.3 Å². The Hall–Kier alpha value is -1.86. The van der Waals surface area contributed by atoms with E-state index in [1.165, 1.54) is 0 Å². The zero-order valence-corrected chi connectivity index (χ0v) is 12.9. The summed E-state index contributed by atoms with van der Waals surface area (Å²) in [5.41, 5.74) is 4.43. The number of rotatable bonds is 2. The van der Waals surface area contributed by atoms with Crippen LogP contribution in [-0.2, 0) is 9.59 Å². The Morgan fingerprint density at radius 2 is 2.05 bits per heavy atom. The lowest BCUT2D eigenvalue weighted by Gasteiger charge is -2.36. The summed E-state index contributed by atoms with van der Waals surface area (Å²) in [5, 5.41) is 10.9. The van der Waals surface area contributed by atoms with Gasteiger partial charge in [-0.25, -0.2) is 5.43 Å². The minimum atomic E-state index is -0.966. The van der Waals surface area contributed by atoms with Gasteiger partial charge in [0.15, 0.2) is 0 Å². The van der Waals surface area contributed by atoms with Gasteiger partial charge in [-0.3, -0.25) is 14.5 Å². The van der Waals surface area contributed by atoms with E-state index in [1.54, 1.807) is 16.1 Å². The van der Waals surface area contributed by atoms with Crippen molar-refractivity contribution in [1.29, 1.82) is 0 Å². The van der Waals surface area contributed by atoms with Crippen molar-refractivity contribution in [2.24, 2.45) is 5.92 Å². The lowest BCUT2D eigenvalue weighted by atomic mass is 9.98. The molecule has 6 nitrogen and oxygen atoms in total. The van der Waals surface area contributed by atoms with Crippen LogP contribution in [0, 0.1) is 5.92 Å². The van der Waals surface area contributed by atoms with Crippen molar-refractivity contribution in [2.75, 3.05) is 11.4 Å². The summed E-state index contributed by atoms with van der Waals surface area (Å²) in [6.45, 7) is 2.08. The Morgan fingerprint density at radius 1 is 1.38 bits per heavy atom. The highest BCUT2D eigenvalue weighted by molar-refractivity contribution is 9.10. The summed E-state index contributed by atoms with van der Waals surface area (Å²) in [7, 11) is 0. The number of anilines is 1. The first-order valence-corrected chi connectivity index (χ1v) is 7.31. The first kappa shape index (κ1) is 14.1. The van der Waals surface area contributed by atoms with Crippen LogP contribution in [0.5, 0.6) is 0 Å². The molecule has 2 N–H and O–H groups in total. The second kappa shape index (κ2) is 5.16. The number of fused-ring (bicyclic) bond motifs is 1. The van der Waals surface area contributed by atoms with E-state index in [9.17, 15) is 14.7 Å². The molecule has 3 rings (SSSR count). The van der Waals surface area contributed by atoms with Gasteiger partial charge in [-0.1, -0.05) is 15.9 Å². The molecule has 2 heterocycles. The molecule has 1 saturated heterocycles. The van der Waals surface area contributed by atoms with E-state index in [4.69, 9.17) is 0 Å². The van der Waals surface area contributed by atoms with Crippen LogP contribution in [0.2, 0.25) is 0 Å². The average molecular weight is 352 g/mol. The quantitative estimate of drug-likeness (QED) is 0.845. The van der Waals surface area contributed by atoms with Gasteiger partial charge in [-0.05, 0) is 31.2 Å². The standard InChI is InChI=1S/C14H14BrN3O3/c1-8-7-17-12(11(6-16-17)14(20)21)13(19)18(8)10-4-2-9(15)3-5-10/h2-5,7,11-12,16H,6H2,1H3,(H,20,21). The second-order valence-corrected chi connectivity index (χ2v) is 6.00. The summed E-state index contributed by atoms with van der Waals surface area (Å²) < 4.78 is 0.921. The summed E-state index contributed by atoms with van der Waals surface area (Å²) >= 11 is 3.36. The normalized spacial score (nSPS) is 24.9. The molecule has 110 valence electrons. The number of hydrogen-bond acceptors (Lipinski definition) is 4. The van der Waals surface area contributed by atoms with Crippen LogP contribution in [0.3, 0.4) is 0 Å². The van der Waals surface area contributed by atoms with Gasteiger partial charge in [0, 0.05) is 28.6 Å². The van der Waals surface area contributed by atoms with Crippen molar-refractivity contribution in [1.82, 2.24) is 10.4 Å². The maximum Gasteiger partial charge on any atom is 0.310 e. The fourth-order valence-electron chi connectivity index (χ4n) is 2.73. The van der Waals surface area contributed by atoms with Gasteiger partial charge in [0.05, 0.1) is 0 Å². The largest absolute Gasteiger partial charge is 0.481 e. The number of hydrogen-bond donors (Lipinski definition) is 2. The molecule has 2 aliphatic heterocycles. The summed E-state index contributed by atoms with van der Waals surface area (Å²) in [5.74, 6) is -1.94. The van der Waals surface area contributed by atoms with Gasteiger partial charge < -0.3 is 10.1 Å². The minimum absolute atomic E-state index is 0.227. The fraction of sp³-hybridized carbons (Fsp3) is 0.286. The lowest BCUT2D eigenvalue weighted by molar-refractivity contribution is -0.144. The molecule has 1 amide bonds. The monoisotopic (exact) mass is 351 g/mol. The number of halogens is 1. The van der Waals surface area contributed by atoms with E-state index in [0.717, 1.165) is 15.9 Å². The molecule has 0 bridgehead atoms. The van der Waals surface area contributed by atoms with Crippen LogP contribution >= 0.6 is 15.9 Å². The number of aliphatic carboxylic acids is 1. The molecule has 1 aromatic carbocycles. The van der Waals surface area contributed by atoms with Crippen molar-refractivity contribution < 1.29 is 14.7 Å². The predicted octanol–water partition coefficient (Wildman–Crippen LogP) is 1.55. The van der Waals surface area contributed by atoms with Gasteiger partial charge in [-0.15, -0.1) is 0 Å². The van der Waals surface area contributed by atoms with Gasteiger partial charge >= 0.3 is 5.97 Å². The number of carbonyl (C=O) groups is 2. The van der Waals surface area contributed by atoms with E-state index in [0.29, 0.717) is 0 Å². The highest BCUT2D eigenvalue weighted by atomic mass is 79.9. The minimum Gasteiger partial charge on any atom is -0.481 e. The van der Waals surface area contributed by atoms with Crippen molar-refractivity contribution in [2.45, 2.75) is 13.0 Å². The van der Waals surface area contributed by atoms with E-state index in [2.05, 4.69) is 21.4 Å². The van der Waals surface area contributed by atoms with E-state index in [-0.39, 0.29) is 12.5 Å². The number of hydrazine groups is 1. The van der Waals surface area contributed by atoms with Crippen LogP contribution in [0.4, 0.5) is 5.69 Å². The number of carboxylic acids is 1. The Morgan fingerprint density at radius 3 is 2.67 bits per heavy atom. The summed E-state index contributed by atoms with van der Waals surface area (Å²) in [6, 6.07) is 6.64. The third-order valence-corrected chi connectivity index (χ3v) is 4.26. The van der Waals surface area contributed by atoms with Gasteiger partial charge in [-0.2, -0.15) is 0 Å². The lowest BCUT2D eigenvalue weighted by Crippen LogP contribution is -2.52. The zero-order chi connectivity index (χ0) is 15.1. The third-order valence-electron chi connectivity index (χ3n) is 3.73. The average Bonchev–Trinajstić information content (AvgIpc) is 2.85. The molecule has 2 atom stereocenters. The molecule has 0 spiro atoms. The summed E-state index contributed by atoms with van der Waals surface area (Å²) in [4.78, 5) is 25.6. The number of nitrogens with one attached hydrogen (secondary N) is 1. The molecule has 1 aromatic rings. The molecule has 7 heteroatoms. The van der Waals surface area contributed by atoms with Crippen molar-refractivity contribution >= 4 is 33.5 Å². The van der Waals surface area contributed by atoms with E-state index < -0.39 is 17.9 Å². The topological polar surface area (TPSA) is 72.9 Å². The number of amides is 1. The van der Waals surface area contributed by atoms with Crippen LogP contribution in [0.15, 0.2) is 40.6 Å². The summed E-state index contributed by atoms with van der Waals surface area (Å²) in [6.07, 6.45) is 1.77. The van der Waals surface area contributed by atoms with Crippen LogP contribution in [0.1, 0.15) is 6.92 Å². The molecular weight excluding hydrogens is 338 g/mol. The third kappa shape index (κ3) is 2.32. The van der Waals surface area contributed by atoms with E-state index >= 15 is 0 Å². The van der Waals surface area contributed by atoms with Crippen molar-refractivity contribution in [3.8, 4) is 0 Å². The highest BCUT2D eigenvalue weighted by Gasteiger charge is 2.47. The highest BCUT2D eigenvalue weighted by Crippen LogP contribution is 2.31. The molecular formula is C14H14BrN3O3. The van der Waals surface area contributed by atoms with Crippen LogP contribution in [0.25, 0.3) is 0 Å². The maximum absolute atomic E-state index is 12.7. The Bertz CT molecular complexity index is 629. The Kier molecular flexibility index (Phi) is 3.46. The molecule has 2 unspecified atom stereocenters. The molecule has 0 aliphatic carbocycles. The van der Waals surface area contributed by atoms with Gasteiger partial charge in [0.1, 0.15) is 12.0 Å². The van der Waals surface area contributed by atoms with Crippen LogP contribution in [-0.4, -0.2) is 34.6 Å². The maximum atomic E-state index is 12.7. The second-order valence-electron chi connectivity index (χ2n) is 5.08. The smallest absolute Gasteiger partial charge is 0.310 e. The molecule has 1 fully saturated rings. The number of benzene rings is 1. The van der Waals surface area contributed by atoms with Gasteiger partial charge in [0.25, 0.3) is 5.91 Å². The SMILES string of the molecule is CC1=CN2NCC(C(=O)O)C2C(=O)N1c1ccc(Br)cc1. The Balaban J connectivity index is 1.99. The number of nitrogens with zero attached hydrogens (tertiary/aromatic N) is 2. The van der Waals surface area contributed by atoms with Crippen molar-refractivity contribution in [3.63, 3.8) is 0 Å². The predicted molar refractivity (Wildman–Crippen MR) is 80.1 cm³/mol. The van der Waals surface area contributed by atoms with Gasteiger partial charge in [0.2, 0.25) is 0 Å². The van der Waals surface area contributed by atoms with E-state index in [1.807, 2.05) is 31.2 Å². The molecule has 0 aromatic heterocycles. The first-order valence-electron chi connectivity index (χ1n) is 6.51. The molecule has 0 saturated carbocycles. The zero-order valence-electron chi connectivity index (χ0n) is 11.3. The first-order chi connectivity index (χ1) is 9.99. The van der Waals surface area contributed by atoms with Crippen molar-refractivity contribution in [3.05, 3.63) is 40.6 Å². The number of allylic oxidation sites excluding steroid dienone is 1. The number of carbonyl (C=O) groups excluding carboxylic acids is 1. The number of carboxylic acid groups (broad SMARTS) is 1. The molecule has 2 aliphatic rings. The molecule has 21 heavy (non-hydrogen) atoms. The Labute approximate surface area is 130 Å². The fourth-order valence-corrected chi connectivity index (χ4v) is 3.00.